The van der Waals surface area contributed by atoms with Gasteiger partial charge in [0.15, 0.2) is 6.10 Å². The molecule has 1 aromatic heterocycles. The zero-order valence-electron chi connectivity index (χ0n) is 15.8. The molecule has 1 atom stereocenters. The molecular weight excluding hydrogens is 379 g/mol. The quantitative estimate of drug-likeness (QED) is 0.604. The van der Waals surface area contributed by atoms with Gasteiger partial charge in [0.05, 0.1) is 11.1 Å². The third-order valence-corrected chi connectivity index (χ3v) is 6.04. The van der Waals surface area contributed by atoms with E-state index in [-0.39, 0.29) is 5.56 Å². The van der Waals surface area contributed by atoms with E-state index in [1.54, 1.807) is 6.92 Å². The summed E-state index contributed by atoms with van der Waals surface area (Å²) in [4.78, 5) is 25.8. The molecule has 0 radical (unpaired) electrons. The summed E-state index contributed by atoms with van der Waals surface area (Å²) in [5.41, 5.74) is 2.00. The first-order valence-electron chi connectivity index (χ1n) is 9.23. The maximum atomic E-state index is 13.6. The van der Waals surface area contributed by atoms with E-state index < -0.39 is 23.8 Å². The molecule has 0 saturated heterocycles. The van der Waals surface area contributed by atoms with E-state index in [0.717, 1.165) is 48.6 Å². The fraction of sp³-hybridized carbons (Fsp3) is 0.381. The van der Waals surface area contributed by atoms with Crippen LogP contribution in [0.4, 0.5) is 9.39 Å². The number of hydrogen-bond acceptors (Lipinski definition) is 5. The Kier molecular flexibility index (Phi) is 6.10. The van der Waals surface area contributed by atoms with Crippen molar-refractivity contribution in [3.8, 4) is 6.07 Å². The minimum Gasteiger partial charge on any atom is -0.449 e. The van der Waals surface area contributed by atoms with Gasteiger partial charge in [0.1, 0.15) is 16.9 Å². The Morgan fingerprint density at radius 3 is 2.75 bits per heavy atom. The van der Waals surface area contributed by atoms with Crippen molar-refractivity contribution >= 4 is 28.2 Å². The second-order valence-electron chi connectivity index (χ2n) is 6.88. The lowest BCUT2D eigenvalue weighted by Gasteiger charge is -2.13. The summed E-state index contributed by atoms with van der Waals surface area (Å²) < 4.78 is 18.8. The third-order valence-electron chi connectivity index (χ3n) is 4.83. The van der Waals surface area contributed by atoms with Gasteiger partial charge in [0.25, 0.3) is 5.91 Å². The number of thiophene rings is 1. The summed E-state index contributed by atoms with van der Waals surface area (Å²) in [5, 5.41) is 12.8. The molecule has 1 aliphatic rings. The number of nitriles is 1. The fourth-order valence-electron chi connectivity index (χ4n) is 3.16. The van der Waals surface area contributed by atoms with Gasteiger partial charge in [-0.2, -0.15) is 5.26 Å². The van der Waals surface area contributed by atoms with Crippen LogP contribution in [0.3, 0.4) is 0 Å². The summed E-state index contributed by atoms with van der Waals surface area (Å²) >= 11 is 1.42. The van der Waals surface area contributed by atoms with Crippen LogP contribution in [-0.4, -0.2) is 18.0 Å². The molecule has 0 unspecified atom stereocenters. The Hall–Kier alpha value is -2.72. The van der Waals surface area contributed by atoms with Crippen LogP contribution in [0.25, 0.3) is 0 Å². The van der Waals surface area contributed by atoms with Crippen LogP contribution in [-0.2, 0) is 22.4 Å². The number of aryl methyl sites for hydroxylation is 2. The number of anilines is 1. The maximum absolute atomic E-state index is 13.6. The molecular formula is C21H21FN2O3S. The van der Waals surface area contributed by atoms with Crippen LogP contribution in [0.5, 0.6) is 0 Å². The number of hydrogen-bond donors (Lipinski definition) is 1. The second-order valence-corrected chi connectivity index (χ2v) is 7.99. The zero-order valence-corrected chi connectivity index (χ0v) is 16.6. The number of nitrogens with one attached hydrogen (secondary N) is 1. The third kappa shape index (κ3) is 4.23. The lowest BCUT2D eigenvalue weighted by molar-refractivity contribution is -0.123. The number of nitrogens with zero attached hydrogens (tertiary/aromatic N) is 1. The number of amides is 1. The molecule has 1 aromatic carbocycles. The molecule has 2 aromatic rings. The van der Waals surface area contributed by atoms with Crippen molar-refractivity contribution in [3.63, 3.8) is 0 Å². The van der Waals surface area contributed by atoms with E-state index in [4.69, 9.17) is 4.74 Å². The van der Waals surface area contributed by atoms with Crippen molar-refractivity contribution in [1.82, 2.24) is 0 Å². The molecule has 5 nitrogen and oxygen atoms in total. The minimum absolute atomic E-state index is 0.0447. The molecule has 1 N–H and O–H groups in total. The van der Waals surface area contributed by atoms with Gasteiger partial charge in [0.2, 0.25) is 0 Å². The highest BCUT2D eigenvalue weighted by atomic mass is 32.1. The maximum Gasteiger partial charge on any atom is 0.339 e. The van der Waals surface area contributed by atoms with Crippen LogP contribution in [0, 0.1) is 24.1 Å². The number of ether oxygens (including phenoxy) is 1. The van der Waals surface area contributed by atoms with Gasteiger partial charge in [-0.25, -0.2) is 9.18 Å². The Balaban J connectivity index is 1.70. The normalized spacial score (nSPS) is 14.4. The molecule has 1 amide bonds. The Morgan fingerprint density at radius 1 is 1.29 bits per heavy atom. The molecule has 0 fully saturated rings. The molecule has 1 aliphatic carbocycles. The Labute approximate surface area is 167 Å². The second kappa shape index (κ2) is 8.53. The first-order chi connectivity index (χ1) is 13.4. The van der Waals surface area contributed by atoms with Crippen LogP contribution >= 0.6 is 11.3 Å². The van der Waals surface area contributed by atoms with Gasteiger partial charge >= 0.3 is 5.97 Å². The van der Waals surface area contributed by atoms with Gasteiger partial charge in [-0.05, 0) is 62.8 Å². The van der Waals surface area contributed by atoms with Gasteiger partial charge in [-0.15, -0.1) is 11.3 Å². The summed E-state index contributed by atoms with van der Waals surface area (Å²) in [7, 11) is 0. The van der Waals surface area contributed by atoms with Crippen molar-refractivity contribution < 1.29 is 18.7 Å². The number of fused-ring (bicyclic) bond motifs is 1. The monoisotopic (exact) mass is 400 g/mol. The fourth-order valence-corrected chi connectivity index (χ4v) is 4.41. The standard InChI is InChI=1S/C21H21FN2O3S/c1-12-8-9-14(10-17(12)22)21(26)27-13(2)19(25)24-20-16(11-23)15-6-4-3-5-7-18(15)28-20/h8-10,13H,3-7H2,1-2H3,(H,24,25)/t13-/m0/s1. The first-order valence-corrected chi connectivity index (χ1v) is 10.0. The number of benzene rings is 1. The van der Waals surface area contributed by atoms with Gasteiger partial charge in [-0.3, -0.25) is 4.79 Å². The van der Waals surface area contributed by atoms with E-state index >= 15 is 0 Å². The van der Waals surface area contributed by atoms with Crippen molar-refractivity contribution in [2.75, 3.05) is 5.32 Å². The van der Waals surface area contributed by atoms with E-state index in [9.17, 15) is 19.2 Å². The lowest BCUT2D eigenvalue weighted by Crippen LogP contribution is -2.30. The minimum atomic E-state index is -1.08. The molecule has 0 saturated carbocycles. The molecule has 28 heavy (non-hydrogen) atoms. The van der Waals surface area contributed by atoms with E-state index in [0.29, 0.717) is 16.1 Å². The average Bonchev–Trinajstić information content (AvgIpc) is 2.83. The van der Waals surface area contributed by atoms with Crippen molar-refractivity contribution in [3.05, 3.63) is 51.1 Å². The summed E-state index contributed by atoms with van der Waals surface area (Å²) in [6.07, 6.45) is 3.92. The molecule has 3 rings (SSSR count). The molecule has 7 heteroatoms. The average molecular weight is 400 g/mol. The Bertz CT molecular complexity index is 961. The molecule has 0 bridgehead atoms. The van der Waals surface area contributed by atoms with Crippen molar-refractivity contribution in [2.24, 2.45) is 0 Å². The van der Waals surface area contributed by atoms with Gasteiger partial charge in [0, 0.05) is 4.88 Å². The highest BCUT2D eigenvalue weighted by molar-refractivity contribution is 7.16. The van der Waals surface area contributed by atoms with Crippen LogP contribution < -0.4 is 5.32 Å². The van der Waals surface area contributed by atoms with E-state index in [1.165, 1.54) is 30.4 Å². The van der Waals surface area contributed by atoms with Crippen LogP contribution in [0.15, 0.2) is 18.2 Å². The number of carbonyl (C=O) groups is 2. The molecule has 1 heterocycles. The predicted octanol–water partition coefficient (Wildman–Crippen LogP) is 4.52. The topological polar surface area (TPSA) is 79.2 Å². The number of esters is 1. The van der Waals surface area contributed by atoms with Crippen molar-refractivity contribution in [2.45, 2.75) is 52.1 Å². The van der Waals surface area contributed by atoms with Gasteiger partial charge < -0.3 is 10.1 Å². The SMILES string of the molecule is Cc1ccc(C(=O)O[C@@H](C)C(=O)Nc2sc3c(c2C#N)CCCCC3)cc1F. The van der Waals surface area contributed by atoms with E-state index in [2.05, 4.69) is 11.4 Å². The van der Waals surface area contributed by atoms with Crippen LogP contribution in [0.1, 0.15) is 58.1 Å². The molecule has 146 valence electrons. The molecule has 0 spiro atoms. The smallest absolute Gasteiger partial charge is 0.339 e. The van der Waals surface area contributed by atoms with E-state index in [1.807, 2.05) is 0 Å². The summed E-state index contributed by atoms with van der Waals surface area (Å²) in [6.45, 7) is 3.04. The number of rotatable bonds is 4. The molecule has 0 aliphatic heterocycles. The lowest BCUT2D eigenvalue weighted by atomic mass is 10.1. The predicted molar refractivity (Wildman–Crippen MR) is 105 cm³/mol. The van der Waals surface area contributed by atoms with Crippen LogP contribution in [0.2, 0.25) is 0 Å². The Morgan fingerprint density at radius 2 is 2.04 bits per heavy atom. The van der Waals surface area contributed by atoms with Gasteiger partial charge in [-0.1, -0.05) is 12.5 Å². The summed E-state index contributed by atoms with van der Waals surface area (Å²) in [5.74, 6) is -1.80. The zero-order chi connectivity index (χ0) is 20.3. The number of carbonyl (C=O) groups excluding carboxylic acids is 2. The number of halogens is 1. The highest BCUT2D eigenvalue weighted by Crippen LogP contribution is 2.37. The summed E-state index contributed by atoms with van der Waals surface area (Å²) in [6, 6.07) is 6.22. The highest BCUT2D eigenvalue weighted by Gasteiger charge is 2.24. The first kappa shape index (κ1) is 20.0. The largest absolute Gasteiger partial charge is 0.449 e. The van der Waals surface area contributed by atoms with Crippen molar-refractivity contribution in [1.29, 1.82) is 5.26 Å².